The van der Waals surface area contributed by atoms with Gasteiger partial charge >= 0.3 is 0 Å². The normalized spacial score (nSPS) is 32.3. The van der Waals surface area contributed by atoms with Gasteiger partial charge in [-0.05, 0) is 49.0 Å². The van der Waals surface area contributed by atoms with Gasteiger partial charge in [0.2, 0.25) is 12.7 Å². The van der Waals surface area contributed by atoms with Gasteiger partial charge in [-0.3, -0.25) is 9.63 Å². The van der Waals surface area contributed by atoms with Crippen molar-refractivity contribution in [2.24, 2.45) is 29.1 Å². The molecule has 4 fully saturated rings. The molecule has 2 aromatic carbocycles. The van der Waals surface area contributed by atoms with Crippen LogP contribution in [0.25, 0.3) is 11.1 Å². The standard InChI is InChI=1S/C32H42N2O7/c1-17-23-12-20(32(23,3)4)13-24(17)33-31(37)28-27(18(2)36)26(15-35)41-34(28)14-19-8-6-9-21(29(19)38-5)22-10-7-11-25-30(22)40-16-39-25/h6-11,17-18,20,23-24,26-28,35-36H,12-16H2,1-5H3,(H,33,37)/t17-,18-,20+,23-,24-,26-,27+,28+/m0/s1. The SMILES string of the molecule is COc1c(CN2O[C@@H](CO)[C@@H]([C@H](C)O)[C@@H]2C(=O)N[C@H]2C[C@H]3C[C@@H]([C@@H]2C)C3(C)C)cccc1-c1cccc2c1OCO2. The molecule has 41 heavy (non-hydrogen) atoms. The smallest absolute Gasteiger partial charge is 0.240 e. The van der Waals surface area contributed by atoms with Crippen molar-refractivity contribution in [1.29, 1.82) is 0 Å². The Bertz CT molecular complexity index is 1300. The van der Waals surface area contributed by atoms with Crippen molar-refractivity contribution in [1.82, 2.24) is 10.4 Å². The van der Waals surface area contributed by atoms with Crippen molar-refractivity contribution in [2.75, 3.05) is 20.5 Å². The van der Waals surface area contributed by atoms with Crippen LogP contribution in [-0.4, -0.2) is 66.0 Å². The number of hydrogen-bond donors (Lipinski definition) is 3. The first-order valence-electron chi connectivity index (χ1n) is 14.7. The quantitative estimate of drug-likeness (QED) is 0.443. The van der Waals surface area contributed by atoms with Crippen molar-refractivity contribution in [3.63, 3.8) is 0 Å². The minimum absolute atomic E-state index is 0.0733. The maximum Gasteiger partial charge on any atom is 0.240 e. The first-order chi connectivity index (χ1) is 19.6. The number of carbonyl (C=O) groups is 1. The number of benzene rings is 2. The molecule has 2 aromatic rings. The van der Waals surface area contributed by atoms with Gasteiger partial charge in [0.25, 0.3) is 0 Å². The molecule has 1 amide bonds. The Hall–Kier alpha value is -2.85. The highest BCUT2D eigenvalue weighted by Gasteiger charge is 2.57. The fraction of sp³-hybridized carbons (Fsp3) is 0.594. The molecule has 7 rings (SSSR count). The Morgan fingerprint density at radius 3 is 2.61 bits per heavy atom. The van der Waals surface area contributed by atoms with Crippen LogP contribution in [-0.2, 0) is 16.2 Å². The van der Waals surface area contributed by atoms with Crippen LogP contribution in [0, 0.1) is 29.1 Å². The first kappa shape index (κ1) is 28.3. The monoisotopic (exact) mass is 566 g/mol. The van der Waals surface area contributed by atoms with Gasteiger partial charge in [-0.15, -0.1) is 0 Å². The predicted octanol–water partition coefficient (Wildman–Crippen LogP) is 3.75. The molecule has 3 N–H and O–H groups in total. The third-order valence-electron chi connectivity index (χ3n) is 10.4. The van der Waals surface area contributed by atoms with Crippen molar-refractivity contribution >= 4 is 5.91 Å². The zero-order valence-electron chi connectivity index (χ0n) is 24.5. The summed E-state index contributed by atoms with van der Waals surface area (Å²) in [4.78, 5) is 20.2. The molecule has 2 aliphatic heterocycles. The van der Waals surface area contributed by atoms with Crippen LogP contribution in [0.2, 0.25) is 0 Å². The molecular formula is C32H42N2O7. The highest BCUT2D eigenvalue weighted by atomic mass is 16.7. The van der Waals surface area contributed by atoms with E-state index in [9.17, 15) is 15.0 Å². The molecule has 9 nitrogen and oxygen atoms in total. The summed E-state index contributed by atoms with van der Waals surface area (Å²) < 4.78 is 17.3. The van der Waals surface area contributed by atoms with E-state index in [0.29, 0.717) is 40.4 Å². The summed E-state index contributed by atoms with van der Waals surface area (Å²) in [7, 11) is 1.62. The third kappa shape index (κ3) is 4.67. The Labute approximate surface area is 241 Å². The van der Waals surface area contributed by atoms with Crippen molar-refractivity contribution in [3.05, 3.63) is 42.0 Å². The lowest BCUT2D eigenvalue weighted by molar-refractivity contribution is -0.183. The fourth-order valence-corrected chi connectivity index (χ4v) is 7.96. The number of nitrogens with one attached hydrogen (secondary N) is 1. The molecule has 3 saturated carbocycles. The Kier molecular flexibility index (Phi) is 7.43. The van der Waals surface area contributed by atoms with Crippen LogP contribution in [0.4, 0.5) is 0 Å². The number of hydroxylamine groups is 2. The van der Waals surface area contributed by atoms with Crippen LogP contribution in [0.1, 0.15) is 46.1 Å². The van der Waals surface area contributed by atoms with Gasteiger partial charge in [-0.25, -0.2) is 0 Å². The van der Waals surface area contributed by atoms with Crippen LogP contribution < -0.4 is 19.5 Å². The molecule has 0 aromatic heterocycles. The van der Waals surface area contributed by atoms with Gasteiger partial charge in [0, 0.05) is 28.7 Å². The number of aliphatic hydroxyl groups excluding tert-OH is 2. The average molecular weight is 567 g/mol. The second kappa shape index (κ2) is 10.8. The summed E-state index contributed by atoms with van der Waals surface area (Å²) in [5, 5.41) is 25.9. The molecule has 2 heterocycles. The summed E-state index contributed by atoms with van der Waals surface area (Å²) in [5.41, 5.74) is 2.79. The van der Waals surface area contributed by atoms with E-state index in [1.165, 1.54) is 6.42 Å². The number of ether oxygens (including phenoxy) is 3. The molecule has 5 aliphatic rings. The van der Waals surface area contributed by atoms with E-state index >= 15 is 0 Å². The van der Waals surface area contributed by atoms with E-state index in [1.807, 2.05) is 36.4 Å². The van der Waals surface area contributed by atoms with Crippen molar-refractivity contribution < 1.29 is 34.1 Å². The molecule has 0 spiro atoms. The number of rotatable bonds is 8. The number of aliphatic hydroxyl groups is 2. The minimum Gasteiger partial charge on any atom is -0.496 e. The third-order valence-corrected chi connectivity index (χ3v) is 10.4. The number of amides is 1. The predicted molar refractivity (Wildman–Crippen MR) is 152 cm³/mol. The maximum absolute atomic E-state index is 14.0. The Morgan fingerprint density at radius 2 is 1.93 bits per heavy atom. The van der Waals surface area contributed by atoms with Crippen LogP contribution in [0.5, 0.6) is 17.2 Å². The second-order valence-electron chi connectivity index (χ2n) is 12.8. The fourth-order valence-electron chi connectivity index (χ4n) is 7.96. The zero-order chi connectivity index (χ0) is 29.1. The molecule has 0 radical (unpaired) electrons. The molecule has 9 heteroatoms. The van der Waals surface area contributed by atoms with E-state index in [2.05, 4.69) is 26.1 Å². The second-order valence-corrected chi connectivity index (χ2v) is 12.8. The molecule has 1 saturated heterocycles. The average Bonchev–Trinajstić information content (AvgIpc) is 3.58. The molecule has 0 unspecified atom stereocenters. The number of fused-ring (bicyclic) bond motifs is 3. The van der Waals surface area contributed by atoms with Crippen LogP contribution in [0.15, 0.2) is 36.4 Å². The highest BCUT2D eigenvalue weighted by molar-refractivity contribution is 5.83. The Morgan fingerprint density at radius 1 is 1.17 bits per heavy atom. The lowest BCUT2D eigenvalue weighted by Crippen LogP contribution is -2.62. The molecular weight excluding hydrogens is 524 g/mol. The zero-order valence-corrected chi connectivity index (χ0v) is 24.5. The number of hydrogen-bond acceptors (Lipinski definition) is 8. The topological polar surface area (TPSA) is 110 Å². The summed E-state index contributed by atoms with van der Waals surface area (Å²) in [5.74, 6) is 2.75. The maximum atomic E-state index is 14.0. The van der Waals surface area contributed by atoms with E-state index < -0.39 is 24.2 Å². The van der Waals surface area contributed by atoms with E-state index in [1.54, 1.807) is 19.1 Å². The van der Waals surface area contributed by atoms with Crippen LogP contribution >= 0.6 is 0 Å². The number of methoxy groups -OCH3 is 1. The summed E-state index contributed by atoms with van der Waals surface area (Å²) in [6.07, 6.45) is 0.607. The van der Waals surface area contributed by atoms with Gasteiger partial charge in [0.15, 0.2) is 11.5 Å². The molecule has 222 valence electrons. The summed E-state index contributed by atoms with van der Waals surface area (Å²) in [6, 6.07) is 10.9. The Balaban J connectivity index is 1.29. The van der Waals surface area contributed by atoms with Gasteiger partial charge in [-0.1, -0.05) is 51.1 Å². The van der Waals surface area contributed by atoms with E-state index in [-0.39, 0.29) is 31.9 Å². The lowest BCUT2D eigenvalue weighted by Gasteiger charge is -2.62. The van der Waals surface area contributed by atoms with Crippen molar-refractivity contribution in [3.8, 4) is 28.4 Å². The first-order valence-corrected chi connectivity index (χ1v) is 14.7. The summed E-state index contributed by atoms with van der Waals surface area (Å²) in [6.45, 7) is 8.65. The van der Waals surface area contributed by atoms with Gasteiger partial charge in [-0.2, -0.15) is 5.06 Å². The number of para-hydroxylation sites is 2. The van der Waals surface area contributed by atoms with Gasteiger partial charge in [0.1, 0.15) is 17.9 Å². The van der Waals surface area contributed by atoms with E-state index in [0.717, 1.165) is 23.1 Å². The largest absolute Gasteiger partial charge is 0.496 e. The molecule has 8 atom stereocenters. The number of nitrogens with zero attached hydrogens (tertiary/aromatic N) is 1. The van der Waals surface area contributed by atoms with Gasteiger partial charge < -0.3 is 29.7 Å². The highest BCUT2D eigenvalue weighted by Crippen LogP contribution is 2.61. The minimum atomic E-state index is -0.860. The van der Waals surface area contributed by atoms with Crippen LogP contribution in [0.3, 0.4) is 0 Å². The molecule has 2 bridgehead atoms. The van der Waals surface area contributed by atoms with Crippen molar-refractivity contribution in [2.45, 2.75) is 71.4 Å². The van der Waals surface area contributed by atoms with E-state index in [4.69, 9.17) is 19.0 Å². The lowest BCUT2D eigenvalue weighted by atomic mass is 9.45. The molecule has 3 aliphatic carbocycles. The van der Waals surface area contributed by atoms with Gasteiger partial charge in [0.05, 0.1) is 26.4 Å². The number of carbonyl (C=O) groups excluding carboxylic acids is 1. The summed E-state index contributed by atoms with van der Waals surface area (Å²) >= 11 is 0.